The van der Waals surface area contributed by atoms with E-state index in [0.717, 1.165) is 43.7 Å². The van der Waals surface area contributed by atoms with E-state index in [1.807, 2.05) is 14.0 Å². The molecule has 8 heteroatoms. The average molecular weight is 439 g/mol. The Hall–Kier alpha value is -1.12. The molecule has 3 N–H and O–H groups in total. The molecule has 4 rings (SSSR count). The van der Waals surface area contributed by atoms with Gasteiger partial charge >= 0.3 is 0 Å². The SMILES string of the molecule is Cc1c(C2CC3CC(O)(CS(=O)(=O)CCCN4CCCCC4)CC3C2)nn(C)c1N. The lowest BCUT2D eigenvalue weighted by atomic mass is 9.93. The van der Waals surface area contributed by atoms with Gasteiger partial charge in [0.2, 0.25) is 0 Å². The summed E-state index contributed by atoms with van der Waals surface area (Å²) in [5.74, 6) is 1.96. The molecule has 0 spiro atoms. The smallest absolute Gasteiger partial charge is 0.153 e. The Kier molecular flexibility index (Phi) is 6.21. The van der Waals surface area contributed by atoms with Crippen molar-refractivity contribution in [3.8, 4) is 0 Å². The molecule has 7 nitrogen and oxygen atoms in total. The number of hydrogen-bond acceptors (Lipinski definition) is 6. The van der Waals surface area contributed by atoms with Gasteiger partial charge in [-0.05, 0) is 83.3 Å². The number of nitrogens with zero attached hydrogens (tertiary/aromatic N) is 3. The van der Waals surface area contributed by atoms with Gasteiger partial charge < -0.3 is 15.7 Å². The van der Waals surface area contributed by atoms with Crippen LogP contribution in [-0.4, -0.2) is 64.9 Å². The minimum Gasteiger partial charge on any atom is -0.389 e. The Morgan fingerprint density at radius 2 is 1.80 bits per heavy atom. The molecular formula is C22H38N4O3S. The van der Waals surface area contributed by atoms with Crippen LogP contribution in [0.2, 0.25) is 0 Å². The first-order chi connectivity index (χ1) is 14.2. The van der Waals surface area contributed by atoms with E-state index in [0.29, 0.717) is 42.8 Å². The highest BCUT2D eigenvalue weighted by molar-refractivity contribution is 7.91. The molecule has 30 heavy (non-hydrogen) atoms. The second kappa shape index (κ2) is 8.43. The van der Waals surface area contributed by atoms with Gasteiger partial charge in [0, 0.05) is 18.5 Å². The maximum Gasteiger partial charge on any atom is 0.153 e. The van der Waals surface area contributed by atoms with E-state index in [-0.39, 0.29) is 11.5 Å². The van der Waals surface area contributed by atoms with E-state index >= 15 is 0 Å². The van der Waals surface area contributed by atoms with Gasteiger partial charge in [-0.2, -0.15) is 5.10 Å². The van der Waals surface area contributed by atoms with E-state index in [1.165, 1.54) is 19.3 Å². The molecule has 2 atom stereocenters. The molecule has 0 radical (unpaired) electrons. The zero-order valence-electron chi connectivity index (χ0n) is 18.5. The number of aliphatic hydroxyl groups is 1. The number of aryl methyl sites for hydroxylation is 1. The largest absolute Gasteiger partial charge is 0.389 e. The van der Waals surface area contributed by atoms with Crippen molar-refractivity contribution in [1.82, 2.24) is 14.7 Å². The molecule has 1 aromatic heterocycles. The summed E-state index contributed by atoms with van der Waals surface area (Å²) in [5.41, 5.74) is 7.17. The van der Waals surface area contributed by atoms with Gasteiger partial charge in [-0.3, -0.25) is 4.68 Å². The molecular weight excluding hydrogens is 400 g/mol. The van der Waals surface area contributed by atoms with Crippen LogP contribution >= 0.6 is 0 Å². The minimum atomic E-state index is -3.24. The molecule has 1 saturated heterocycles. The van der Waals surface area contributed by atoms with E-state index in [2.05, 4.69) is 10.00 Å². The van der Waals surface area contributed by atoms with Crippen molar-refractivity contribution in [3.05, 3.63) is 11.3 Å². The van der Waals surface area contributed by atoms with Crippen LogP contribution in [0.25, 0.3) is 0 Å². The summed E-state index contributed by atoms with van der Waals surface area (Å²) in [6.07, 6.45) is 7.55. The number of likely N-dealkylation sites (tertiary alicyclic amines) is 1. The Morgan fingerprint density at radius 1 is 1.17 bits per heavy atom. The number of piperidine rings is 1. The van der Waals surface area contributed by atoms with Crippen LogP contribution in [0.3, 0.4) is 0 Å². The highest BCUT2D eigenvalue weighted by atomic mass is 32.2. The van der Waals surface area contributed by atoms with Crippen molar-refractivity contribution in [1.29, 1.82) is 0 Å². The van der Waals surface area contributed by atoms with E-state index in [4.69, 9.17) is 5.73 Å². The van der Waals surface area contributed by atoms with Crippen molar-refractivity contribution in [2.75, 3.05) is 36.9 Å². The highest BCUT2D eigenvalue weighted by Crippen LogP contribution is 2.54. The number of nitrogens with two attached hydrogens (primary N) is 1. The molecule has 2 heterocycles. The normalized spacial score (nSPS) is 32.6. The fourth-order valence-electron chi connectivity index (χ4n) is 6.34. The molecule has 1 aliphatic heterocycles. The average Bonchev–Trinajstić information content (AvgIpc) is 3.27. The van der Waals surface area contributed by atoms with Gasteiger partial charge in [0.1, 0.15) is 5.82 Å². The predicted molar refractivity (Wildman–Crippen MR) is 119 cm³/mol. The van der Waals surface area contributed by atoms with Crippen LogP contribution in [0.15, 0.2) is 0 Å². The van der Waals surface area contributed by atoms with Crippen molar-refractivity contribution >= 4 is 15.7 Å². The second-order valence-electron chi connectivity index (χ2n) is 10.2. The molecule has 0 aromatic carbocycles. The Balaban J connectivity index is 1.29. The summed E-state index contributed by atoms with van der Waals surface area (Å²) in [7, 11) is -1.37. The molecule has 1 aromatic rings. The van der Waals surface area contributed by atoms with Crippen LogP contribution in [0.5, 0.6) is 0 Å². The molecule has 2 aliphatic carbocycles. The first-order valence-corrected chi connectivity index (χ1v) is 13.4. The molecule has 0 bridgehead atoms. The zero-order valence-corrected chi connectivity index (χ0v) is 19.3. The summed E-state index contributed by atoms with van der Waals surface area (Å²) < 4.78 is 27.2. The lowest BCUT2D eigenvalue weighted by Crippen LogP contribution is -2.37. The third kappa shape index (κ3) is 4.70. The first-order valence-electron chi connectivity index (χ1n) is 11.6. The molecule has 2 saturated carbocycles. The molecule has 0 amide bonds. The summed E-state index contributed by atoms with van der Waals surface area (Å²) >= 11 is 0. The van der Waals surface area contributed by atoms with E-state index < -0.39 is 15.4 Å². The van der Waals surface area contributed by atoms with Gasteiger partial charge in [0.05, 0.1) is 22.8 Å². The van der Waals surface area contributed by atoms with Crippen molar-refractivity contribution in [3.63, 3.8) is 0 Å². The number of nitrogen functional groups attached to an aromatic ring is 1. The molecule has 3 aliphatic rings. The van der Waals surface area contributed by atoms with Crippen molar-refractivity contribution < 1.29 is 13.5 Å². The standard InChI is InChI=1S/C22H38N4O3S/c1-16-20(24-25(2)21(16)23)17-11-18-13-22(27,14-19(18)12-17)15-30(28,29)10-6-9-26-7-4-3-5-8-26/h17-19,27H,3-15,23H2,1-2H3. The highest BCUT2D eigenvalue weighted by Gasteiger charge is 2.51. The summed E-state index contributed by atoms with van der Waals surface area (Å²) in [6, 6.07) is 0. The summed E-state index contributed by atoms with van der Waals surface area (Å²) in [6.45, 7) is 5.07. The van der Waals surface area contributed by atoms with Crippen LogP contribution in [-0.2, 0) is 16.9 Å². The predicted octanol–water partition coefficient (Wildman–Crippen LogP) is 2.24. The molecule has 170 valence electrons. The van der Waals surface area contributed by atoms with E-state index in [9.17, 15) is 13.5 Å². The number of anilines is 1. The minimum absolute atomic E-state index is 0.0762. The third-order valence-electron chi connectivity index (χ3n) is 7.75. The third-order valence-corrected chi connectivity index (χ3v) is 9.64. The maximum atomic E-state index is 12.7. The second-order valence-corrected chi connectivity index (χ2v) is 12.4. The number of rotatable bonds is 7. The van der Waals surface area contributed by atoms with Crippen molar-refractivity contribution in [2.45, 2.75) is 69.8 Å². The lowest BCUT2D eigenvalue weighted by molar-refractivity contribution is 0.0612. The van der Waals surface area contributed by atoms with Crippen molar-refractivity contribution in [2.24, 2.45) is 18.9 Å². The number of sulfone groups is 1. The van der Waals surface area contributed by atoms with Crippen LogP contribution in [0.4, 0.5) is 5.82 Å². The quantitative estimate of drug-likeness (QED) is 0.677. The van der Waals surface area contributed by atoms with Gasteiger partial charge in [0.25, 0.3) is 0 Å². The first kappa shape index (κ1) is 22.1. The summed E-state index contributed by atoms with van der Waals surface area (Å²) in [4.78, 5) is 2.38. The monoisotopic (exact) mass is 438 g/mol. The fraction of sp³-hybridized carbons (Fsp3) is 0.864. The number of hydrogen-bond donors (Lipinski definition) is 2. The van der Waals surface area contributed by atoms with Crippen LogP contribution in [0.1, 0.15) is 68.5 Å². The zero-order chi connectivity index (χ0) is 21.5. The van der Waals surface area contributed by atoms with Crippen LogP contribution in [0, 0.1) is 18.8 Å². The molecule has 3 fully saturated rings. The molecule has 2 unspecified atom stereocenters. The van der Waals surface area contributed by atoms with Crippen LogP contribution < -0.4 is 5.73 Å². The van der Waals surface area contributed by atoms with Gasteiger partial charge in [-0.25, -0.2) is 8.42 Å². The van der Waals surface area contributed by atoms with Gasteiger partial charge in [0.15, 0.2) is 9.84 Å². The Morgan fingerprint density at radius 3 is 2.37 bits per heavy atom. The Labute approximate surface area is 180 Å². The fourth-order valence-corrected chi connectivity index (χ4v) is 8.11. The van der Waals surface area contributed by atoms with Gasteiger partial charge in [-0.15, -0.1) is 0 Å². The number of fused-ring (bicyclic) bond motifs is 1. The topological polar surface area (TPSA) is 101 Å². The summed E-state index contributed by atoms with van der Waals surface area (Å²) in [5, 5.41) is 15.7. The lowest BCUT2D eigenvalue weighted by Gasteiger charge is -2.27. The van der Waals surface area contributed by atoms with E-state index in [1.54, 1.807) is 4.68 Å². The number of aromatic nitrogens is 2. The van der Waals surface area contributed by atoms with Gasteiger partial charge in [-0.1, -0.05) is 6.42 Å². The maximum absolute atomic E-state index is 12.7. The Bertz CT molecular complexity index is 846.